The summed E-state index contributed by atoms with van der Waals surface area (Å²) in [5, 5.41) is 4.40. The maximum absolute atomic E-state index is 4.40. The van der Waals surface area contributed by atoms with Gasteiger partial charge >= 0.3 is 0 Å². The monoisotopic (exact) mass is 166 g/mol. The van der Waals surface area contributed by atoms with Gasteiger partial charge in [-0.05, 0) is 31.7 Å². The molecule has 0 aliphatic carbocycles. The number of rotatable bonds is 3. The highest BCUT2D eigenvalue weighted by Crippen LogP contribution is 2.11. The molecule has 0 aromatic carbocycles. The molecular formula is C10H18N2. The van der Waals surface area contributed by atoms with Crippen LogP contribution in [0.1, 0.15) is 32.0 Å². The Kier molecular flexibility index (Phi) is 2.90. The third-order valence-electron chi connectivity index (χ3n) is 2.00. The van der Waals surface area contributed by atoms with Gasteiger partial charge in [-0.3, -0.25) is 4.68 Å². The first kappa shape index (κ1) is 9.30. The molecule has 0 radical (unpaired) electrons. The maximum atomic E-state index is 4.40. The molecule has 0 N–H and O–H groups in total. The van der Waals surface area contributed by atoms with Crippen LogP contribution in [0, 0.1) is 12.8 Å². The van der Waals surface area contributed by atoms with Crippen molar-refractivity contribution in [2.75, 3.05) is 0 Å². The first-order chi connectivity index (χ1) is 5.63. The minimum Gasteiger partial charge on any atom is -0.272 e. The Balaban J connectivity index is 2.77. The van der Waals surface area contributed by atoms with Crippen LogP contribution in [-0.2, 0) is 13.0 Å². The van der Waals surface area contributed by atoms with Crippen LogP contribution in [0.4, 0.5) is 0 Å². The number of nitrogens with zero attached hydrogens (tertiary/aromatic N) is 2. The Bertz CT molecular complexity index is 248. The van der Waals surface area contributed by atoms with Crippen molar-refractivity contribution < 1.29 is 0 Å². The van der Waals surface area contributed by atoms with E-state index in [-0.39, 0.29) is 0 Å². The van der Waals surface area contributed by atoms with Crippen LogP contribution in [0.2, 0.25) is 0 Å². The molecule has 12 heavy (non-hydrogen) atoms. The molecule has 0 fully saturated rings. The van der Waals surface area contributed by atoms with E-state index >= 15 is 0 Å². The van der Waals surface area contributed by atoms with Gasteiger partial charge in [-0.2, -0.15) is 5.10 Å². The first-order valence-electron chi connectivity index (χ1n) is 4.66. The second kappa shape index (κ2) is 3.74. The van der Waals surface area contributed by atoms with Gasteiger partial charge in [0, 0.05) is 12.7 Å². The second-order valence-corrected chi connectivity index (χ2v) is 3.69. The standard InChI is InChI=1S/C10H18N2/c1-5-12-7-10(6-8(2)3)9(4)11-12/h7-8H,5-6H2,1-4H3. The minimum absolute atomic E-state index is 0.721. The summed E-state index contributed by atoms with van der Waals surface area (Å²) in [5.41, 5.74) is 2.58. The van der Waals surface area contributed by atoms with E-state index in [4.69, 9.17) is 0 Å². The minimum atomic E-state index is 0.721. The van der Waals surface area contributed by atoms with E-state index in [0.29, 0.717) is 0 Å². The van der Waals surface area contributed by atoms with Crippen LogP contribution in [0.5, 0.6) is 0 Å². The van der Waals surface area contributed by atoms with Gasteiger partial charge in [-0.25, -0.2) is 0 Å². The summed E-state index contributed by atoms with van der Waals surface area (Å²) in [4.78, 5) is 0. The van der Waals surface area contributed by atoms with Crippen molar-refractivity contribution in [2.45, 2.75) is 40.7 Å². The summed E-state index contributed by atoms with van der Waals surface area (Å²) in [5.74, 6) is 0.721. The summed E-state index contributed by atoms with van der Waals surface area (Å²) in [6, 6.07) is 0. The number of hydrogen-bond acceptors (Lipinski definition) is 1. The summed E-state index contributed by atoms with van der Waals surface area (Å²) >= 11 is 0. The predicted octanol–water partition coefficient (Wildman–Crippen LogP) is 2.41. The first-order valence-corrected chi connectivity index (χ1v) is 4.66. The van der Waals surface area contributed by atoms with E-state index in [9.17, 15) is 0 Å². The van der Waals surface area contributed by atoms with Crippen LogP contribution >= 0.6 is 0 Å². The van der Waals surface area contributed by atoms with E-state index in [1.54, 1.807) is 0 Å². The van der Waals surface area contributed by atoms with Crippen LogP contribution in [0.25, 0.3) is 0 Å². The lowest BCUT2D eigenvalue weighted by Gasteiger charge is -2.01. The molecule has 1 rings (SSSR count). The van der Waals surface area contributed by atoms with Gasteiger partial charge in [0.15, 0.2) is 0 Å². The lowest BCUT2D eigenvalue weighted by Crippen LogP contribution is -1.94. The average molecular weight is 166 g/mol. The summed E-state index contributed by atoms with van der Waals surface area (Å²) in [6.07, 6.45) is 3.31. The fourth-order valence-electron chi connectivity index (χ4n) is 1.36. The van der Waals surface area contributed by atoms with Gasteiger partial charge < -0.3 is 0 Å². The molecular weight excluding hydrogens is 148 g/mol. The quantitative estimate of drug-likeness (QED) is 0.674. The van der Waals surface area contributed by atoms with Crippen molar-refractivity contribution in [3.05, 3.63) is 17.5 Å². The van der Waals surface area contributed by atoms with Gasteiger partial charge in [-0.15, -0.1) is 0 Å². The molecule has 2 nitrogen and oxygen atoms in total. The molecule has 0 saturated carbocycles. The number of aromatic nitrogens is 2. The smallest absolute Gasteiger partial charge is 0.0625 e. The second-order valence-electron chi connectivity index (χ2n) is 3.69. The molecule has 0 amide bonds. The van der Waals surface area contributed by atoms with Crippen LogP contribution in [0.15, 0.2) is 6.20 Å². The molecule has 0 aliphatic heterocycles. The van der Waals surface area contributed by atoms with Crippen molar-refractivity contribution in [1.82, 2.24) is 9.78 Å². The highest BCUT2D eigenvalue weighted by molar-refractivity contribution is 5.15. The lowest BCUT2D eigenvalue weighted by molar-refractivity contribution is 0.640. The number of hydrogen-bond donors (Lipinski definition) is 0. The van der Waals surface area contributed by atoms with Gasteiger partial charge in [0.05, 0.1) is 5.69 Å². The van der Waals surface area contributed by atoms with Crippen molar-refractivity contribution in [3.8, 4) is 0 Å². The zero-order valence-electron chi connectivity index (χ0n) is 8.46. The Morgan fingerprint density at radius 2 is 2.17 bits per heavy atom. The summed E-state index contributed by atoms with van der Waals surface area (Å²) in [7, 11) is 0. The van der Waals surface area contributed by atoms with Crippen LogP contribution in [0.3, 0.4) is 0 Å². The normalized spacial score (nSPS) is 11.1. The molecule has 0 bridgehead atoms. The third kappa shape index (κ3) is 2.10. The Labute approximate surface area is 74.6 Å². The molecule has 1 aromatic rings. The molecule has 0 unspecified atom stereocenters. The van der Waals surface area contributed by atoms with Gasteiger partial charge in [-0.1, -0.05) is 13.8 Å². The van der Waals surface area contributed by atoms with Gasteiger partial charge in [0.1, 0.15) is 0 Å². The number of aryl methyl sites for hydroxylation is 2. The summed E-state index contributed by atoms with van der Waals surface area (Å²) in [6.45, 7) is 9.65. The van der Waals surface area contributed by atoms with E-state index in [2.05, 4.69) is 39.0 Å². The average Bonchev–Trinajstić information content (AvgIpc) is 2.31. The van der Waals surface area contributed by atoms with Crippen molar-refractivity contribution >= 4 is 0 Å². The zero-order valence-corrected chi connectivity index (χ0v) is 8.46. The molecule has 0 atom stereocenters. The molecule has 0 aliphatic rings. The van der Waals surface area contributed by atoms with Crippen molar-refractivity contribution in [3.63, 3.8) is 0 Å². The third-order valence-corrected chi connectivity index (χ3v) is 2.00. The Hall–Kier alpha value is -0.790. The Morgan fingerprint density at radius 3 is 2.58 bits per heavy atom. The molecule has 0 spiro atoms. The SMILES string of the molecule is CCn1cc(CC(C)C)c(C)n1. The van der Waals surface area contributed by atoms with Gasteiger partial charge in [0.2, 0.25) is 0 Å². The van der Waals surface area contributed by atoms with E-state index in [1.165, 1.54) is 11.3 Å². The highest BCUT2D eigenvalue weighted by atomic mass is 15.3. The molecule has 1 aromatic heterocycles. The summed E-state index contributed by atoms with van der Waals surface area (Å²) < 4.78 is 2.01. The lowest BCUT2D eigenvalue weighted by atomic mass is 10.0. The molecule has 1 heterocycles. The predicted molar refractivity (Wildman–Crippen MR) is 51.2 cm³/mol. The van der Waals surface area contributed by atoms with E-state index in [0.717, 1.165) is 18.9 Å². The van der Waals surface area contributed by atoms with Crippen molar-refractivity contribution in [1.29, 1.82) is 0 Å². The maximum Gasteiger partial charge on any atom is 0.0625 e. The van der Waals surface area contributed by atoms with E-state index in [1.807, 2.05) is 4.68 Å². The van der Waals surface area contributed by atoms with Crippen LogP contribution < -0.4 is 0 Å². The fraction of sp³-hybridized carbons (Fsp3) is 0.700. The molecule has 2 heteroatoms. The molecule has 0 saturated heterocycles. The fourth-order valence-corrected chi connectivity index (χ4v) is 1.36. The highest BCUT2D eigenvalue weighted by Gasteiger charge is 2.05. The van der Waals surface area contributed by atoms with Crippen molar-refractivity contribution in [2.24, 2.45) is 5.92 Å². The van der Waals surface area contributed by atoms with Crippen LogP contribution in [-0.4, -0.2) is 9.78 Å². The molecule has 68 valence electrons. The largest absolute Gasteiger partial charge is 0.272 e. The van der Waals surface area contributed by atoms with Gasteiger partial charge in [0.25, 0.3) is 0 Å². The Morgan fingerprint density at radius 1 is 1.50 bits per heavy atom. The zero-order chi connectivity index (χ0) is 9.14. The topological polar surface area (TPSA) is 17.8 Å². The van der Waals surface area contributed by atoms with E-state index < -0.39 is 0 Å².